The Bertz CT molecular complexity index is 691. The molecule has 2 amide bonds. The average molecular weight is 395 g/mol. The van der Waals surface area contributed by atoms with Crippen molar-refractivity contribution in [2.45, 2.75) is 59.7 Å². The van der Waals surface area contributed by atoms with E-state index in [0.29, 0.717) is 17.2 Å². The molecule has 0 atom stereocenters. The zero-order chi connectivity index (χ0) is 21.5. The van der Waals surface area contributed by atoms with Crippen LogP contribution < -0.4 is 9.64 Å². The first kappa shape index (κ1) is 23.2. The highest BCUT2D eigenvalue weighted by atomic mass is 16.6. The Hall–Kier alpha value is -2.84. The number of amides is 2. The summed E-state index contributed by atoms with van der Waals surface area (Å²) >= 11 is 0. The topological polar surface area (TPSA) is 100 Å². The van der Waals surface area contributed by atoms with Gasteiger partial charge in [0.05, 0.1) is 31.9 Å². The van der Waals surface area contributed by atoms with Crippen molar-refractivity contribution in [3.05, 3.63) is 18.2 Å². The number of aromatic nitrogens is 2. The lowest BCUT2D eigenvalue weighted by Gasteiger charge is -2.28. The maximum atomic E-state index is 12.8. The van der Waals surface area contributed by atoms with E-state index in [-0.39, 0.29) is 11.7 Å². The summed E-state index contributed by atoms with van der Waals surface area (Å²) in [5.74, 6) is -0.185. The molecule has 0 radical (unpaired) electrons. The summed E-state index contributed by atoms with van der Waals surface area (Å²) in [5.41, 5.74) is -1.34. The van der Waals surface area contributed by atoms with E-state index in [1.54, 1.807) is 47.6 Å². The molecular formula is C19H29N3O6. The number of nitrogens with zero attached hydrogens (tertiary/aromatic N) is 3. The highest BCUT2D eigenvalue weighted by Crippen LogP contribution is 2.27. The van der Waals surface area contributed by atoms with E-state index in [9.17, 15) is 9.59 Å². The molecule has 0 aliphatic carbocycles. The Labute approximate surface area is 165 Å². The Kier molecular flexibility index (Phi) is 7.78. The predicted molar refractivity (Wildman–Crippen MR) is 104 cm³/mol. The molecule has 0 fully saturated rings. The SMILES string of the molecule is CCO/C=C/c1cnc(OC)c(N(C(=O)OC(C)(C)C)C(=O)OC(C)(C)C)n1. The molecule has 9 heteroatoms. The second kappa shape index (κ2) is 9.38. The highest BCUT2D eigenvalue weighted by molar-refractivity contribution is 6.09. The van der Waals surface area contributed by atoms with Gasteiger partial charge in [-0.25, -0.2) is 19.6 Å². The van der Waals surface area contributed by atoms with E-state index in [0.717, 1.165) is 0 Å². The molecule has 9 nitrogen and oxygen atoms in total. The van der Waals surface area contributed by atoms with Crippen LogP contribution in [0.4, 0.5) is 15.4 Å². The van der Waals surface area contributed by atoms with Gasteiger partial charge in [0, 0.05) is 0 Å². The van der Waals surface area contributed by atoms with Crippen LogP contribution in [0.5, 0.6) is 5.88 Å². The van der Waals surface area contributed by atoms with Crippen LogP contribution in [0.2, 0.25) is 0 Å². The number of ether oxygens (including phenoxy) is 4. The first-order valence-electron chi connectivity index (χ1n) is 8.83. The maximum Gasteiger partial charge on any atom is 0.425 e. The first-order chi connectivity index (χ1) is 12.9. The van der Waals surface area contributed by atoms with Crippen LogP contribution in [0, 0.1) is 0 Å². The summed E-state index contributed by atoms with van der Waals surface area (Å²) in [6.07, 6.45) is 2.48. The minimum Gasteiger partial charge on any atom is -0.501 e. The van der Waals surface area contributed by atoms with Gasteiger partial charge in [-0.05, 0) is 54.5 Å². The van der Waals surface area contributed by atoms with Gasteiger partial charge in [-0.1, -0.05) is 0 Å². The molecule has 0 saturated heterocycles. The van der Waals surface area contributed by atoms with E-state index in [4.69, 9.17) is 18.9 Å². The molecule has 0 spiro atoms. The summed E-state index contributed by atoms with van der Waals surface area (Å²) in [6.45, 7) is 12.4. The molecule has 1 aromatic heterocycles. The zero-order valence-corrected chi connectivity index (χ0v) is 17.7. The summed E-state index contributed by atoms with van der Waals surface area (Å²) in [7, 11) is 1.35. The third-order valence-electron chi connectivity index (χ3n) is 2.80. The molecule has 1 heterocycles. The Balaban J connectivity index is 3.43. The van der Waals surface area contributed by atoms with E-state index < -0.39 is 23.4 Å². The molecule has 0 N–H and O–H groups in total. The van der Waals surface area contributed by atoms with Crippen LogP contribution in [-0.2, 0) is 14.2 Å². The summed E-state index contributed by atoms with van der Waals surface area (Å²) in [5, 5.41) is 0. The van der Waals surface area contributed by atoms with Crippen LogP contribution in [-0.4, -0.2) is 47.1 Å². The van der Waals surface area contributed by atoms with Crippen molar-refractivity contribution in [3.63, 3.8) is 0 Å². The fraction of sp³-hybridized carbons (Fsp3) is 0.579. The average Bonchev–Trinajstić information content (AvgIpc) is 2.52. The number of methoxy groups -OCH3 is 1. The number of carbonyl (C=O) groups excluding carboxylic acids is 2. The molecule has 0 unspecified atom stereocenters. The number of imide groups is 1. The number of rotatable bonds is 5. The minimum atomic E-state index is -0.958. The minimum absolute atomic E-state index is 0.0368. The third kappa shape index (κ3) is 7.42. The van der Waals surface area contributed by atoms with Gasteiger partial charge >= 0.3 is 12.2 Å². The molecule has 0 bridgehead atoms. The van der Waals surface area contributed by atoms with Gasteiger partial charge in [0.15, 0.2) is 0 Å². The molecule has 28 heavy (non-hydrogen) atoms. The fourth-order valence-electron chi connectivity index (χ4n) is 1.83. The van der Waals surface area contributed by atoms with E-state index >= 15 is 0 Å². The van der Waals surface area contributed by atoms with Crippen molar-refractivity contribution in [3.8, 4) is 5.88 Å². The van der Waals surface area contributed by atoms with Crippen LogP contribution in [0.3, 0.4) is 0 Å². The summed E-state index contributed by atoms with van der Waals surface area (Å²) in [4.78, 5) is 34.6. The molecule has 0 aliphatic rings. The van der Waals surface area contributed by atoms with Crippen molar-refractivity contribution in [2.24, 2.45) is 0 Å². The molecular weight excluding hydrogens is 366 g/mol. The van der Waals surface area contributed by atoms with Crippen LogP contribution in [0.25, 0.3) is 6.08 Å². The molecule has 1 aromatic rings. The standard InChI is InChI=1S/C19H29N3O6/c1-9-26-11-10-13-12-20-15(25-8)14(21-13)22(16(23)27-18(2,3)4)17(24)28-19(5,6)7/h10-12H,9H2,1-8H3/b11-10+. The van der Waals surface area contributed by atoms with Crippen molar-refractivity contribution < 1.29 is 28.5 Å². The van der Waals surface area contributed by atoms with Crippen molar-refractivity contribution in [1.82, 2.24) is 9.97 Å². The predicted octanol–water partition coefficient (Wildman–Crippen LogP) is 4.17. The first-order valence-corrected chi connectivity index (χ1v) is 8.83. The van der Waals surface area contributed by atoms with Gasteiger partial charge < -0.3 is 18.9 Å². The van der Waals surface area contributed by atoms with Crippen LogP contribution >= 0.6 is 0 Å². The van der Waals surface area contributed by atoms with Crippen molar-refractivity contribution in [1.29, 1.82) is 0 Å². The Morgan fingerprint density at radius 2 is 1.61 bits per heavy atom. The van der Waals surface area contributed by atoms with Gasteiger partial charge in [-0.3, -0.25) is 0 Å². The van der Waals surface area contributed by atoms with E-state index in [2.05, 4.69) is 9.97 Å². The lowest BCUT2D eigenvalue weighted by molar-refractivity contribution is 0.0427. The smallest absolute Gasteiger partial charge is 0.425 e. The highest BCUT2D eigenvalue weighted by Gasteiger charge is 2.36. The van der Waals surface area contributed by atoms with Gasteiger partial charge in [-0.15, -0.1) is 0 Å². The quantitative estimate of drug-likeness (QED) is 0.685. The molecule has 0 saturated carbocycles. The summed E-state index contributed by atoms with van der Waals surface area (Å²) < 4.78 is 21.0. The second-order valence-electron chi connectivity index (χ2n) is 7.68. The van der Waals surface area contributed by atoms with Gasteiger partial charge in [0.2, 0.25) is 5.82 Å². The monoisotopic (exact) mass is 395 g/mol. The fourth-order valence-corrected chi connectivity index (χ4v) is 1.83. The molecule has 1 rings (SSSR count). The van der Waals surface area contributed by atoms with Gasteiger partial charge in [0.1, 0.15) is 11.2 Å². The second-order valence-corrected chi connectivity index (χ2v) is 7.68. The Morgan fingerprint density at radius 3 is 2.04 bits per heavy atom. The number of hydrogen-bond donors (Lipinski definition) is 0. The van der Waals surface area contributed by atoms with Crippen LogP contribution in [0.15, 0.2) is 12.5 Å². The number of anilines is 1. The molecule has 0 aromatic carbocycles. The van der Waals surface area contributed by atoms with Crippen molar-refractivity contribution >= 4 is 24.1 Å². The van der Waals surface area contributed by atoms with Crippen LogP contribution in [0.1, 0.15) is 54.2 Å². The molecule has 156 valence electrons. The van der Waals surface area contributed by atoms with Gasteiger partial charge in [0.25, 0.3) is 5.88 Å². The number of carbonyl (C=O) groups is 2. The molecule has 0 aliphatic heterocycles. The third-order valence-corrected chi connectivity index (χ3v) is 2.80. The normalized spacial score (nSPS) is 11.9. The van der Waals surface area contributed by atoms with E-state index in [1.807, 2.05) is 6.92 Å². The maximum absolute atomic E-state index is 12.8. The van der Waals surface area contributed by atoms with E-state index in [1.165, 1.54) is 19.6 Å². The number of hydrogen-bond acceptors (Lipinski definition) is 8. The van der Waals surface area contributed by atoms with Crippen molar-refractivity contribution in [2.75, 3.05) is 18.6 Å². The van der Waals surface area contributed by atoms with Gasteiger partial charge in [-0.2, -0.15) is 4.90 Å². The Morgan fingerprint density at radius 1 is 1.07 bits per heavy atom. The summed E-state index contributed by atoms with van der Waals surface area (Å²) in [6, 6.07) is 0. The lowest BCUT2D eigenvalue weighted by atomic mass is 10.2. The largest absolute Gasteiger partial charge is 0.501 e. The lowest BCUT2D eigenvalue weighted by Crippen LogP contribution is -2.44. The zero-order valence-electron chi connectivity index (χ0n) is 17.7.